The summed E-state index contributed by atoms with van der Waals surface area (Å²) in [6.45, 7) is 0. The zero-order valence-corrected chi connectivity index (χ0v) is 13.2. The Morgan fingerprint density at radius 1 is 1.22 bits per heavy atom. The predicted molar refractivity (Wildman–Crippen MR) is 80.2 cm³/mol. The zero-order chi connectivity index (χ0) is 15.9. The second kappa shape index (κ2) is 5.61. The largest absolute Gasteiger partial charge is 0.489 e. The summed E-state index contributed by atoms with van der Waals surface area (Å²) < 4.78 is 37.8. The van der Waals surface area contributed by atoms with Crippen molar-refractivity contribution in [3.63, 3.8) is 0 Å². The molecule has 122 valence electrons. The van der Waals surface area contributed by atoms with Crippen molar-refractivity contribution in [1.82, 2.24) is 14.4 Å². The molecule has 4 heterocycles. The number of fused-ring (bicyclic) bond motifs is 2. The molecule has 2 atom stereocenters. The Labute approximate surface area is 134 Å². The normalized spacial score (nSPS) is 27.9. The molecule has 2 unspecified atom stereocenters. The monoisotopic (exact) mass is 335 g/mol. The van der Waals surface area contributed by atoms with Crippen molar-refractivity contribution >= 4 is 10.0 Å². The van der Waals surface area contributed by atoms with E-state index in [-0.39, 0.29) is 23.1 Å². The van der Waals surface area contributed by atoms with Gasteiger partial charge in [-0.2, -0.15) is 4.31 Å². The highest BCUT2D eigenvalue weighted by molar-refractivity contribution is 7.89. The van der Waals surface area contributed by atoms with Crippen molar-refractivity contribution < 1.29 is 17.7 Å². The van der Waals surface area contributed by atoms with Crippen molar-refractivity contribution in [3.05, 3.63) is 37.0 Å². The third-order valence-corrected chi connectivity index (χ3v) is 6.49. The van der Waals surface area contributed by atoms with Gasteiger partial charge in [-0.25, -0.2) is 8.42 Å². The van der Waals surface area contributed by atoms with Crippen LogP contribution in [0, 0.1) is 0 Å². The van der Waals surface area contributed by atoms with Crippen LogP contribution in [0.1, 0.15) is 25.7 Å². The van der Waals surface area contributed by atoms with Gasteiger partial charge in [0.2, 0.25) is 10.0 Å². The highest BCUT2D eigenvalue weighted by atomic mass is 32.2. The molecule has 8 heteroatoms. The summed E-state index contributed by atoms with van der Waals surface area (Å²) in [7, 11) is -3.54. The number of pyridine rings is 1. The first-order chi connectivity index (χ1) is 11.1. The minimum Gasteiger partial charge on any atom is -0.489 e. The molecule has 0 spiro atoms. The number of hydrogen-bond donors (Lipinski definition) is 0. The Bertz CT molecular complexity index is 749. The lowest BCUT2D eigenvalue weighted by Gasteiger charge is -2.37. The van der Waals surface area contributed by atoms with Crippen molar-refractivity contribution in [1.29, 1.82) is 0 Å². The van der Waals surface area contributed by atoms with Crippen molar-refractivity contribution in [2.75, 3.05) is 0 Å². The first kappa shape index (κ1) is 14.6. The summed E-state index contributed by atoms with van der Waals surface area (Å²) in [6.07, 6.45) is 8.95. The van der Waals surface area contributed by atoms with E-state index in [0.29, 0.717) is 12.8 Å². The molecule has 2 aromatic heterocycles. The summed E-state index contributed by atoms with van der Waals surface area (Å²) in [5.74, 6) is 0.729. The number of nitrogens with zero attached hydrogens (tertiary/aromatic N) is 3. The van der Waals surface area contributed by atoms with Gasteiger partial charge in [0.05, 0.1) is 12.4 Å². The molecule has 0 aromatic carbocycles. The molecule has 2 aliphatic rings. The van der Waals surface area contributed by atoms with Crippen LogP contribution >= 0.6 is 0 Å². The topological polar surface area (TPSA) is 85.5 Å². The summed E-state index contributed by atoms with van der Waals surface area (Å²) in [4.78, 5) is 4.17. The Morgan fingerprint density at radius 3 is 2.61 bits per heavy atom. The maximum Gasteiger partial charge on any atom is 0.248 e. The average Bonchev–Trinajstić information content (AvgIpc) is 3.16. The van der Waals surface area contributed by atoms with Crippen LogP contribution in [-0.4, -0.2) is 41.1 Å². The van der Waals surface area contributed by atoms with Gasteiger partial charge < -0.3 is 9.26 Å². The molecule has 23 heavy (non-hydrogen) atoms. The molecule has 4 rings (SSSR count). The number of sulfonamides is 1. The fraction of sp³-hybridized carbons (Fsp3) is 0.467. The molecule has 0 radical (unpaired) electrons. The minimum atomic E-state index is -3.54. The lowest BCUT2D eigenvalue weighted by Crippen LogP contribution is -2.49. The molecule has 2 fully saturated rings. The van der Waals surface area contributed by atoms with Crippen molar-refractivity contribution in [2.24, 2.45) is 0 Å². The fourth-order valence-electron chi connectivity index (χ4n) is 3.63. The van der Waals surface area contributed by atoms with Gasteiger partial charge in [0.25, 0.3) is 0 Å². The van der Waals surface area contributed by atoms with Crippen LogP contribution in [0.15, 0.2) is 46.4 Å². The second-order valence-electron chi connectivity index (χ2n) is 5.98. The quantitative estimate of drug-likeness (QED) is 0.847. The predicted octanol–water partition coefficient (Wildman–Crippen LogP) is 1.83. The smallest absolute Gasteiger partial charge is 0.248 e. The molecule has 0 saturated carbocycles. The van der Waals surface area contributed by atoms with E-state index in [9.17, 15) is 8.42 Å². The number of piperidine rings is 1. The van der Waals surface area contributed by atoms with E-state index in [1.165, 1.54) is 12.5 Å². The van der Waals surface area contributed by atoms with Gasteiger partial charge in [-0.15, -0.1) is 0 Å². The van der Waals surface area contributed by atoms with Crippen molar-refractivity contribution in [2.45, 2.75) is 48.8 Å². The Morgan fingerprint density at radius 2 is 2.00 bits per heavy atom. The summed E-state index contributed by atoms with van der Waals surface area (Å²) in [5, 5.41) is 3.51. The van der Waals surface area contributed by atoms with Gasteiger partial charge in [0.1, 0.15) is 23.0 Å². The van der Waals surface area contributed by atoms with Crippen LogP contribution < -0.4 is 4.74 Å². The maximum atomic E-state index is 12.7. The molecule has 0 amide bonds. The van der Waals surface area contributed by atoms with Gasteiger partial charge in [0.15, 0.2) is 0 Å². The van der Waals surface area contributed by atoms with Gasteiger partial charge in [-0.3, -0.25) is 4.98 Å². The zero-order valence-electron chi connectivity index (χ0n) is 12.4. The molecule has 2 aliphatic heterocycles. The second-order valence-corrected chi connectivity index (χ2v) is 7.82. The summed E-state index contributed by atoms with van der Waals surface area (Å²) >= 11 is 0. The SMILES string of the molecule is O=S(=O)(c1cnoc1)N1C2CCC1CC(Oc1cccnc1)C2. The van der Waals surface area contributed by atoms with Crippen LogP contribution in [0.2, 0.25) is 0 Å². The van der Waals surface area contributed by atoms with Gasteiger partial charge in [-0.1, -0.05) is 5.16 Å². The Hall–Kier alpha value is -1.93. The minimum absolute atomic E-state index is 0.0191. The summed E-state index contributed by atoms with van der Waals surface area (Å²) in [5.41, 5.74) is 0. The Balaban J connectivity index is 1.52. The van der Waals surface area contributed by atoms with Gasteiger partial charge in [-0.05, 0) is 25.0 Å². The van der Waals surface area contributed by atoms with Crippen LogP contribution in [0.3, 0.4) is 0 Å². The van der Waals surface area contributed by atoms with Crippen LogP contribution in [0.4, 0.5) is 0 Å². The molecular weight excluding hydrogens is 318 g/mol. The summed E-state index contributed by atoms with van der Waals surface area (Å²) in [6, 6.07) is 3.63. The third-order valence-electron chi connectivity index (χ3n) is 4.55. The molecule has 2 aromatic rings. The van der Waals surface area contributed by atoms with Crippen molar-refractivity contribution in [3.8, 4) is 5.75 Å². The number of rotatable bonds is 4. The van der Waals surface area contributed by atoms with E-state index >= 15 is 0 Å². The average molecular weight is 335 g/mol. The van der Waals surface area contributed by atoms with E-state index in [2.05, 4.69) is 10.1 Å². The number of ether oxygens (including phenoxy) is 1. The van der Waals surface area contributed by atoms with Crippen LogP contribution in [0.25, 0.3) is 0 Å². The number of hydrogen-bond acceptors (Lipinski definition) is 6. The lowest BCUT2D eigenvalue weighted by atomic mass is 10.0. The lowest BCUT2D eigenvalue weighted by molar-refractivity contribution is 0.0953. The molecule has 2 saturated heterocycles. The Kier molecular flexibility index (Phi) is 3.57. The molecule has 2 bridgehead atoms. The van der Waals surface area contributed by atoms with Gasteiger partial charge >= 0.3 is 0 Å². The maximum absolute atomic E-state index is 12.7. The van der Waals surface area contributed by atoms with E-state index in [4.69, 9.17) is 9.26 Å². The highest BCUT2D eigenvalue weighted by Crippen LogP contribution is 2.40. The first-order valence-electron chi connectivity index (χ1n) is 7.64. The standard InChI is InChI=1S/C15H17N3O4S/c19-23(20,15-9-17-21-10-15)18-11-3-4-12(18)7-14(6-11)22-13-2-1-5-16-8-13/h1-2,5,8-12,14H,3-4,6-7H2. The first-order valence-corrected chi connectivity index (χ1v) is 9.08. The van der Waals surface area contributed by atoms with Crippen LogP contribution in [-0.2, 0) is 10.0 Å². The van der Waals surface area contributed by atoms with E-state index in [1.54, 1.807) is 16.7 Å². The van der Waals surface area contributed by atoms with E-state index in [0.717, 1.165) is 18.6 Å². The van der Waals surface area contributed by atoms with E-state index in [1.807, 2.05) is 12.1 Å². The molecule has 0 aliphatic carbocycles. The number of aromatic nitrogens is 2. The molecular formula is C15H17N3O4S. The third kappa shape index (κ3) is 2.61. The fourth-order valence-corrected chi connectivity index (χ4v) is 5.38. The highest BCUT2D eigenvalue weighted by Gasteiger charge is 2.48. The molecule has 7 nitrogen and oxygen atoms in total. The molecule has 0 N–H and O–H groups in total. The van der Waals surface area contributed by atoms with Crippen LogP contribution in [0.5, 0.6) is 5.75 Å². The van der Waals surface area contributed by atoms with Gasteiger partial charge in [0, 0.05) is 31.1 Å². The van der Waals surface area contributed by atoms with E-state index < -0.39 is 10.0 Å².